The number of amides is 1. The largest absolute Gasteiger partial charge is 0.508 e. The highest BCUT2D eigenvalue weighted by molar-refractivity contribution is 5.94. The first-order valence-corrected chi connectivity index (χ1v) is 8.94. The Labute approximate surface area is 153 Å². The maximum atomic E-state index is 12.3. The standard InChI is InChI=1S/C20H25N3O3/c1-14-12-23(13-15(2)26-14)19-8-5-17(11-22-19)20(25)21-10-9-16-3-6-18(24)7-4-16/h3-8,11,14-15,24H,9-10,12-13H2,1-2H3,(H,21,25). The number of phenols is 1. The summed E-state index contributed by atoms with van der Waals surface area (Å²) in [7, 11) is 0. The molecule has 2 N–H and O–H groups in total. The number of morpholine rings is 1. The van der Waals surface area contributed by atoms with Gasteiger partial charge < -0.3 is 20.1 Å². The molecular formula is C20H25N3O3. The van der Waals surface area contributed by atoms with E-state index in [1.807, 2.05) is 24.3 Å². The van der Waals surface area contributed by atoms with Crippen LogP contribution in [0.15, 0.2) is 42.6 Å². The number of aromatic hydroxyl groups is 1. The number of rotatable bonds is 5. The van der Waals surface area contributed by atoms with Crippen molar-refractivity contribution in [1.29, 1.82) is 0 Å². The quantitative estimate of drug-likeness (QED) is 0.861. The maximum Gasteiger partial charge on any atom is 0.252 e. The van der Waals surface area contributed by atoms with Crippen LogP contribution in [-0.2, 0) is 11.2 Å². The molecule has 26 heavy (non-hydrogen) atoms. The molecule has 2 aromatic rings. The topological polar surface area (TPSA) is 74.7 Å². The lowest BCUT2D eigenvalue weighted by Crippen LogP contribution is -2.45. The number of benzene rings is 1. The molecule has 0 aliphatic carbocycles. The number of carbonyl (C=O) groups excluding carboxylic acids is 1. The van der Waals surface area contributed by atoms with Crippen molar-refractivity contribution in [2.75, 3.05) is 24.5 Å². The average Bonchev–Trinajstić information content (AvgIpc) is 2.62. The molecule has 0 radical (unpaired) electrons. The zero-order chi connectivity index (χ0) is 18.5. The van der Waals surface area contributed by atoms with E-state index in [0.717, 1.165) is 24.5 Å². The molecule has 1 aliphatic heterocycles. The second kappa shape index (κ2) is 8.19. The first kappa shape index (κ1) is 18.2. The first-order chi connectivity index (χ1) is 12.5. The molecule has 3 rings (SSSR count). The van der Waals surface area contributed by atoms with Crippen molar-refractivity contribution in [3.05, 3.63) is 53.7 Å². The lowest BCUT2D eigenvalue weighted by atomic mass is 10.1. The van der Waals surface area contributed by atoms with Crippen LogP contribution in [0.4, 0.5) is 5.82 Å². The van der Waals surface area contributed by atoms with Gasteiger partial charge in [0.1, 0.15) is 11.6 Å². The number of hydrogen-bond acceptors (Lipinski definition) is 5. The number of nitrogens with one attached hydrogen (secondary N) is 1. The molecule has 1 fully saturated rings. The van der Waals surface area contributed by atoms with Crippen LogP contribution < -0.4 is 10.2 Å². The Hall–Kier alpha value is -2.60. The molecule has 138 valence electrons. The van der Waals surface area contributed by atoms with Crippen molar-refractivity contribution in [3.63, 3.8) is 0 Å². The number of ether oxygens (including phenoxy) is 1. The van der Waals surface area contributed by atoms with Gasteiger partial charge in [0.2, 0.25) is 0 Å². The fourth-order valence-electron chi connectivity index (χ4n) is 3.16. The fourth-order valence-corrected chi connectivity index (χ4v) is 3.16. The summed E-state index contributed by atoms with van der Waals surface area (Å²) in [6.07, 6.45) is 2.67. The van der Waals surface area contributed by atoms with Crippen LogP contribution in [0, 0.1) is 0 Å². The zero-order valence-electron chi connectivity index (χ0n) is 15.2. The van der Waals surface area contributed by atoms with Gasteiger partial charge in [-0.1, -0.05) is 12.1 Å². The molecule has 1 aromatic carbocycles. The molecule has 1 aliphatic rings. The summed E-state index contributed by atoms with van der Waals surface area (Å²) < 4.78 is 5.74. The monoisotopic (exact) mass is 355 g/mol. The van der Waals surface area contributed by atoms with Gasteiger partial charge in [-0.3, -0.25) is 4.79 Å². The highest BCUT2D eigenvalue weighted by Crippen LogP contribution is 2.18. The van der Waals surface area contributed by atoms with E-state index in [1.165, 1.54) is 0 Å². The minimum atomic E-state index is -0.133. The van der Waals surface area contributed by atoms with Gasteiger partial charge in [-0.15, -0.1) is 0 Å². The summed E-state index contributed by atoms with van der Waals surface area (Å²) in [4.78, 5) is 18.9. The van der Waals surface area contributed by atoms with Gasteiger partial charge in [0.05, 0.1) is 17.8 Å². The minimum absolute atomic E-state index is 0.133. The van der Waals surface area contributed by atoms with Crippen molar-refractivity contribution >= 4 is 11.7 Å². The Morgan fingerprint density at radius 1 is 1.19 bits per heavy atom. The Morgan fingerprint density at radius 3 is 2.50 bits per heavy atom. The van der Waals surface area contributed by atoms with Gasteiger partial charge in [-0.2, -0.15) is 0 Å². The van der Waals surface area contributed by atoms with Crippen molar-refractivity contribution < 1.29 is 14.6 Å². The molecule has 0 saturated carbocycles. The van der Waals surface area contributed by atoms with Crippen LogP contribution in [0.25, 0.3) is 0 Å². The van der Waals surface area contributed by atoms with Crippen molar-refractivity contribution in [2.45, 2.75) is 32.5 Å². The predicted octanol–water partition coefficient (Wildman–Crippen LogP) is 2.37. The van der Waals surface area contributed by atoms with Crippen LogP contribution in [0.1, 0.15) is 29.8 Å². The summed E-state index contributed by atoms with van der Waals surface area (Å²) in [5.74, 6) is 0.979. The van der Waals surface area contributed by atoms with E-state index in [2.05, 4.69) is 29.0 Å². The van der Waals surface area contributed by atoms with Gasteiger partial charge in [-0.05, 0) is 50.1 Å². The molecule has 1 amide bonds. The lowest BCUT2D eigenvalue weighted by Gasteiger charge is -2.36. The number of pyridine rings is 1. The van der Waals surface area contributed by atoms with E-state index in [9.17, 15) is 9.90 Å². The highest BCUT2D eigenvalue weighted by atomic mass is 16.5. The SMILES string of the molecule is CC1CN(c2ccc(C(=O)NCCc3ccc(O)cc3)cn2)CC(C)O1. The van der Waals surface area contributed by atoms with Crippen LogP contribution in [0.3, 0.4) is 0 Å². The van der Waals surface area contributed by atoms with E-state index in [4.69, 9.17) is 4.74 Å². The van der Waals surface area contributed by atoms with Crippen molar-refractivity contribution in [1.82, 2.24) is 10.3 Å². The number of carbonyl (C=O) groups is 1. The molecule has 0 bridgehead atoms. The number of nitrogens with zero attached hydrogens (tertiary/aromatic N) is 2. The Kier molecular flexibility index (Phi) is 5.73. The molecule has 1 saturated heterocycles. The normalized spacial score (nSPS) is 20.0. The summed E-state index contributed by atoms with van der Waals surface area (Å²) >= 11 is 0. The maximum absolute atomic E-state index is 12.3. The average molecular weight is 355 g/mol. The number of aromatic nitrogens is 1. The number of hydrogen-bond donors (Lipinski definition) is 2. The molecule has 6 nitrogen and oxygen atoms in total. The summed E-state index contributed by atoms with van der Waals surface area (Å²) in [6.45, 7) is 6.24. The number of anilines is 1. The molecule has 2 heterocycles. The minimum Gasteiger partial charge on any atom is -0.508 e. The van der Waals surface area contributed by atoms with E-state index in [1.54, 1.807) is 18.3 Å². The molecule has 6 heteroatoms. The molecule has 1 aromatic heterocycles. The summed E-state index contributed by atoms with van der Waals surface area (Å²) in [6, 6.07) is 10.7. The van der Waals surface area contributed by atoms with Gasteiger partial charge >= 0.3 is 0 Å². The lowest BCUT2D eigenvalue weighted by molar-refractivity contribution is -0.00546. The highest BCUT2D eigenvalue weighted by Gasteiger charge is 2.23. The van der Waals surface area contributed by atoms with Crippen LogP contribution in [0.5, 0.6) is 5.75 Å². The van der Waals surface area contributed by atoms with Gasteiger partial charge in [0, 0.05) is 25.8 Å². The molecular weight excluding hydrogens is 330 g/mol. The van der Waals surface area contributed by atoms with Crippen LogP contribution in [-0.4, -0.2) is 47.8 Å². The van der Waals surface area contributed by atoms with Crippen molar-refractivity contribution in [2.24, 2.45) is 0 Å². The number of phenolic OH excluding ortho intramolecular Hbond substituents is 1. The summed E-state index contributed by atoms with van der Waals surface area (Å²) in [5.41, 5.74) is 1.61. The third kappa shape index (κ3) is 4.73. The fraction of sp³-hybridized carbons (Fsp3) is 0.400. The molecule has 2 unspecified atom stereocenters. The Morgan fingerprint density at radius 2 is 1.88 bits per heavy atom. The molecule has 0 spiro atoms. The van der Waals surface area contributed by atoms with E-state index < -0.39 is 0 Å². The van der Waals surface area contributed by atoms with E-state index in [0.29, 0.717) is 18.5 Å². The van der Waals surface area contributed by atoms with Gasteiger partial charge in [0.15, 0.2) is 0 Å². The van der Waals surface area contributed by atoms with E-state index >= 15 is 0 Å². The zero-order valence-corrected chi connectivity index (χ0v) is 15.2. The Bertz CT molecular complexity index is 721. The van der Waals surface area contributed by atoms with Gasteiger partial charge in [0.25, 0.3) is 5.91 Å². The third-order valence-corrected chi connectivity index (χ3v) is 4.39. The van der Waals surface area contributed by atoms with Crippen LogP contribution in [0.2, 0.25) is 0 Å². The van der Waals surface area contributed by atoms with Crippen LogP contribution >= 0.6 is 0 Å². The molecule has 2 atom stereocenters. The smallest absolute Gasteiger partial charge is 0.252 e. The first-order valence-electron chi connectivity index (χ1n) is 8.94. The summed E-state index contributed by atoms with van der Waals surface area (Å²) in [5, 5.41) is 12.2. The Balaban J connectivity index is 1.52. The van der Waals surface area contributed by atoms with Gasteiger partial charge in [-0.25, -0.2) is 4.98 Å². The van der Waals surface area contributed by atoms with Crippen molar-refractivity contribution in [3.8, 4) is 5.75 Å². The second-order valence-electron chi connectivity index (χ2n) is 6.74. The predicted molar refractivity (Wildman–Crippen MR) is 101 cm³/mol. The van der Waals surface area contributed by atoms with E-state index in [-0.39, 0.29) is 23.9 Å². The second-order valence-corrected chi connectivity index (χ2v) is 6.74. The third-order valence-electron chi connectivity index (χ3n) is 4.39.